The van der Waals surface area contributed by atoms with Crippen LogP contribution in [0.3, 0.4) is 0 Å². The van der Waals surface area contributed by atoms with Crippen molar-refractivity contribution in [2.24, 2.45) is 23.2 Å². The summed E-state index contributed by atoms with van der Waals surface area (Å²) in [5, 5.41) is 15.2. The maximum atomic E-state index is 13.1. The van der Waals surface area contributed by atoms with Crippen LogP contribution in [-0.2, 0) is 4.79 Å². The molecule has 176 valence electrons. The predicted molar refractivity (Wildman–Crippen MR) is 135 cm³/mol. The van der Waals surface area contributed by atoms with Gasteiger partial charge < -0.3 is 10.4 Å². The highest BCUT2D eigenvalue weighted by atomic mass is 32.1. The van der Waals surface area contributed by atoms with Crippen molar-refractivity contribution < 1.29 is 14.7 Å². The summed E-state index contributed by atoms with van der Waals surface area (Å²) in [6, 6.07) is 8.29. The molecule has 2 N–H and O–H groups in total. The normalized spacial score (nSPS) is 25.4. The number of hydrogen-bond acceptors (Lipinski definition) is 3. The van der Waals surface area contributed by atoms with Crippen LogP contribution < -0.4 is 5.32 Å². The minimum Gasteiger partial charge on any atom is -0.481 e. The number of thiophene rings is 1. The van der Waals surface area contributed by atoms with Crippen molar-refractivity contribution in [3.63, 3.8) is 0 Å². The van der Waals surface area contributed by atoms with Gasteiger partial charge in [0.05, 0.1) is 5.56 Å². The van der Waals surface area contributed by atoms with Crippen LogP contribution in [0.25, 0.3) is 10.1 Å². The van der Waals surface area contributed by atoms with E-state index in [0.29, 0.717) is 29.6 Å². The number of unbranched alkanes of at least 4 members (excludes halogenated alkanes) is 1. The number of carboxylic acids is 1. The van der Waals surface area contributed by atoms with Gasteiger partial charge in [-0.3, -0.25) is 9.59 Å². The van der Waals surface area contributed by atoms with Gasteiger partial charge in [-0.15, -0.1) is 11.3 Å². The lowest BCUT2D eigenvalue weighted by molar-refractivity contribution is -0.137. The SMILES string of the molecule is C.C.CC1(C)[C@H]2C[C@H](NC(=O)c3csc4ccccc34)[C@@H](C/C=C\CCCC(=O)O)[C@@H]1C2. The first kappa shape index (κ1) is 26.1. The van der Waals surface area contributed by atoms with Crippen LogP contribution in [0.1, 0.15) is 77.6 Å². The number of carbonyl (C=O) groups is 2. The molecule has 3 aliphatic carbocycles. The standard InChI is InChI=1S/C25H31NO3S.2CH4/c1-25(2)16-13-20(25)18(10-5-3-4-6-12-23(27)28)21(14-16)26-24(29)19-15-30-22-11-8-7-9-17(19)22;;/h3,5,7-9,11,15-16,18,20-21H,4,6,10,12-14H2,1-2H3,(H,26,29)(H,27,28);2*1H4/b5-3-;;/t16-,18+,20+,21+;;/m1../s1. The molecule has 4 atom stereocenters. The summed E-state index contributed by atoms with van der Waals surface area (Å²) in [6.45, 7) is 4.75. The van der Waals surface area contributed by atoms with Crippen LogP contribution in [0.4, 0.5) is 0 Å². The number of nitrogens with one attached hydrogen (secondary N) is 1. The van der Waals surface area contributed by atoms with E-state index in [1.54, 1.807) is 11.3 Å². The Hall–Kier alpha value is -2.14. The number of hydrogen-bond donors (Lipinski definition) is 2. The molecule has 0 spiro atoms. The van der Waals surface area contributed by atoms with Crippen LogP contribution in [-0.4, -0.2) is 23.0 Å². The fourth-order valence-corrected chi connectivity index (χ4v) is 6.52. The average Bonchev–Trinajstić information content (AvgIpc) is 3.15. The first-order valence-corrected chi connectivity index (χ1v) is 11.9. The Morgan fingerprint density at radius 3 is 2.66 bits per heavy atom. The molecule has 2 aromatic rings. The largest absolute Gasteiger partial charge is 0.481 e. The van der Waals surface area contributed by atoms with E-state index in [1.807, 2.05) is 23.6 Å². The van der Waals surface area contributed by atoms with Gasteiger partial charge in [0, 0.05) is 27.9 Å². The fraction of sp³-hybridized carbons (Fsp3) is 0.556. The van der Waals surface area contributed by atoms with E-state index in [0.717, 1.165) is 34.9 Å². The molecule has 0 unspecified atom stereocenters. The van der Waals surface area contributed by atoms with Gasteiger partial charge in [-0.25, -0.2) is 0 Å². The monoisotopic (exact) mass is 457 g/mol. The lowest BCUT2D eigenvalue weighted by Crippen LogP contribution is -2.61. The Morgan fingerprint density at radius 1 is 1.19 bits per heavy atom. The zero-order valence-electron chi connectivity index (χ0n) is 17.8. The van der Waals surface area contributed by atoms with E-state index in [2.05, 4.69) is 37.4 Å². The Kier molecular flexibility index (Phi) is 8.69. The second-order valence-corrected chi connectivity index (χ2v) is 10.4. The van der Waals surface area contributed by atoms with Crippen molar-refractivity contribution in [3.05, 3.63) is 47.4 Å². The van der Waals surface area contributed by atoms with Crippen molar-refractivity contribution in [1.29, 1.82) is 0 Å². The van der Waals surface area contributed by atoms with Crippen molar-refractivity contribution in [2.75, 3.05) is 0 Å². The molecule has 1 heterocycles. The third-order valence-electron chi connectivity index (χ3n) is 7.50. The molecule has 0 aliphatic heterocycles. The first-order valence-electron chi connectivity index (χ1n) is 11.0. The van der Waals surface area contributed by atoms with Gasteiger partial charge in [-0.2, -0.15) is 0 Å². The quantitative estimate of drug-likeness (QED) is 0.326. The number of benzene rings is 1. The van der Waals surface area contributed by atoms with Gasteiger partial charge in [-0.05, 0) is 61.3 Å². The van der Waals surface area contributed by atoms with E-state index in [9.17, 15) is 9.59 Å². The van der Waals surface area contributed by atoms with Gasteiger partial charge in [0.1, 0.15) is 0 Å². The van der Waals surface area contributed by atoms with E-state index in [-0.39, 0.29) is 33.2 Å². The zero-order chi connectivity index (χ0) is 21.3. The molecule has 2 bridgehead atoms. The first-order chi connectivity index (χ1) is 14.4. The Morgan fingerprint density at radius 2 is 1.94 bits per heavy atom. The van der Waals surface area contributed by atoms with Crippen LogP contribution in [0.5, 0.6) is 0 Å². The summed E-state index contributed by atoms with van der Waals surface area (Å²) in [5.41, 5.74) is 1.13. The maximum absolute atomic E-state index is 13.1. The molecule has 1 aromatic heterocycles. The molecule has 0 radical (unpaired) electrons. The van der Waals surface area contributed by atoms with Crippen molar-refractivity contribution in [1.82, 2.24) is 5.32 Å². The summed E-state index contributed by atoms with van der Waals surface area (Å²) >= 11 is 1.62. The maximum Gasteiger partial charge on any atom is 0.303 e. The number of aliphatic carboxylic acids is 1. The van der Waals surface area contributed by atoms with Crippen LogP contribution >= 0.6 is 11.3 Å². The molecule has 5 heteroatoms. The lowest BCUT2D eigenvalue weighted by atomic mass is 9.44. The lowest BCUT2D eigenvalue weighted by Gasteiger charge is -2.62. The van der Waals surface area contributed by atoms with Crippen molar-refractivity contribution >= 4 is 33.3 Å². The minimum absolute atomic E-state index is 0. The Labute approximate surface area is 197 Å². The van der Waals surface area contributed by atoms with E-state index in [1.165, 1.54) is 6.42 Å². The van der Waals surface area contributed by atoms with Crippen LogP contribution in [0, 0.1) is 23.2 Å². The second kappa shape index (κ2) is 10.7. The molecule has 3 fully saturated rings. The van der Waals surface area contributed by atoms with E-state index >= 15 is 0 Å². The molecular formula is C27H39NO3S. The van der Waals surface area contributed by atoms with Crippen molar-refractivity contribution in [2.45, 2.75) is 73.3 Å². The number of amides is 1. The molecule has 4 nitrogen and oxygen atoms in total. The number of allylic oxidation sites excluding steroid dienone is 2. The summed E-state index contributed by atoms with van der Waals surface area (Å²) in [7, 11) is 0. The Balaban J connectivity index is 0.00000181. The molecule has 32 heavy (non-hydrogen) atoms. The number of rotatable bonds is 8. The highest BCUT2D eigenvalue weighted by molar-refractivity contribution is 7.17. The summed E-state index contributed by atoms with van der Waals surface area (Å²) in [5.74, 6) is 1.07. The number of carboxylic acid groups (broad SMARTS) is 1. The molecule has 0 saturated heterocycles. The zero-order valence-corrected chi connectivity index (χ0v) is 18.6. The molecule has 5 rings (SSSR count). The molecule has 1 amide bonds. The van der Waals surface area contributed by atoms with E-state index < -0.39 is 5.97 Å². The average molecular weight is 458 g/mol. The van der Waals surface area contributed by atoms with Crippen LogP contribution in [0.15, 0.2) is 41.8 Å². The highest BCUT2D eigenvalue weighted by Gasteiger charge is 2.57. The number of carbonyl (C=O) groups excluding carboxylic acids is 1. The van der Waals surface area contributed by atoms with E-state index in [4.69, 9.17) is 5.11 Å². The molecule has 3 saturated carbocycles. The Bertz CT molecular complexity index is 961. The van der Waals surface area contributed by atoms with Gasteiger partial charge in [0.25, 0.3) is 5.91 Å². The molecular weight excluding hydrogens is 418 g/mol. The minimum atomic E-state index is -0.735. The van der Waals surface area contributed by atoms with Gasteiger partial charge >= 0.3 is 5.97 Å². The number of fused-ring (bicyclic) bond motifs is 3. The summed E-state index contributed by atoms with van der Waals surface area (Å²) < 4.78 is 1.15. The third-order valence-corrected chi connectivity index (χ3v) is 8.46. The fourth-order valence-electron chi connectivity index (χ4n) is 5.58. The molecule has 1 aromatic carbocycles. The smallest absolute Gasteiger partial charge is 0.303 e. The topological polar surface area (TPSA) is 66.4 Å². The van der Waals surface area contributed by atoms with Crippen LogP contribution in [0.2, 0.25) is 0 Å². The van der Waals surface area contributed by atoms with Crippen molar-refractivity contribution in [3.8, 4) is 0 Å². The van der Waals surface area contributed by atoms with Gasteiger partial charge in [0.2, 0.25) is 0 Å². The molecule has 3 aliphatic rings. The predicted octanol–water partition coefficient (Wildman–Crippen LogP) is 7.16. The van der Waals surface area contributed by atoms with Gasteiger partial charge in [0.15, 0.2) is 0 Å². The highest BCUT2D eigenvalue weighted by Crippen LogP contribution is 2.62. The van der Waals surface area contributed by atoms with Gasteiger partial charge in [-0.1, -0.05) is 59.1 Å². The summed E-state index contributed by atoms with van der Waals surface area (Å²) in [6.07, 6.45) is 9.29. The summed E-state index contributed by atoms with van der Waals surface area (Å²) in [4.78, 5) is 23.8. The second-order valence-electron chi connectivity index (χ2n) is 9.48. The third kappa shape index (κ3) is 5.09.